The number of nitrogens with one attached hydrogen (secondary N) is 1. The highest BCUT2D eigenvalue weighted by Gasteiger charge is 2.23. The van der Waals surface area contributed by atoms with E-state index < -0.39 is 15.1 Å². The van der Waals surface area contributed by atoms with Gasteiger partial charge in [-0.1, -0.05) is 29.8 Å². The first-order valence-electron chi connectivity index (χ1n) is 10.7. The van der Waals surface area contributed by atoms with Crippen LogP contribution < -0.4 is 5.32 Å². The average Bonchev–Trinajstić information content (AvgIpc) is 3.30. The second-order valence-corrected chi connectivity index (χ2v) is 10.9. The van der Waals surface area contributed by atoms with Crippen LogP contribution in [0, 0.1) is 6.92 Å². The van der Waals surface area contributed by atoms with E-state index in [9.17, 15) is 8.42 Å². The molecule has 0 saturated carbocycles. The molecule has 4 aromatic rings. The summed E-state index contributed by atoms with van der Waals surface area (Å²) in [7, 11) is -1.60. The standard InChI is InChI=1S/C24H24ClN5O3S/c1-14(2)34(31,32)21-10-9-18(11-19(21)25)20-13-27-15(3)22(28-20)24-30-29-23(33-24)17-7-5-16(6-8-17)12-26-4/h5-11,13-14,26H,12H2,1-4H3. The van der Waals surface area contributed by atoms with Crippen LogP contribution in [0.1, 0.15) is 25.1 Å². The molecule has 4 rings (SSSR count). The normalized spacial score (nSPS) is 11.8. The zero-order valence-corrected chi connectivity index (χ0v) is 20.8. The maximum Gasteiger partial charge on any atom is 0.268 e. The Morgan fingerprint density at radius 3 is 2.35 bits per heavy atom. The van der Waals surface area contributed by atoms with E-state index in [1.807, 2.05) is 31.3 Å². The maximum absolute atomic E-state index is 12.5. The lowest BCUT2D eigenvalue weighted by atomic mass is 10.1. The summed E-state index contributed by atoms with van der Waals surface area (Å²) in [5.74, 6) is 0.621. The van der Waals surface area contributed by atoms with Crippen molar-refractivity contribution in [3.05, 3.63) is 64.9 Å². The number of halogens is 1. The molecule has 0 bridgehead atoms. The van der Waals surface area contributed by atoms with Crippen molar-refractivity contribution in [2.75, 3.05) is 7.05 Å². The molecule has 0 aliphatic carbocycles. The van der Waals surface area contributed by atoms with E-state index in [1.54, 1.807) is 39.1 Å². The highest BCUT2D eigenvalue weighted by molar-refractivity contribution is 7.92. The summed E-state index contributed by atoms with van der Waals surface area (Å²) < 4.78 is 30.9. The zero-order valence-electron chi connectivity index (χ0n) is 19.2. The van der Waals surface area contributed by atoms with Crippen LogP contribution in [0.4, 0.5) is 0 Å². The molecule has 10 heteroatoms. The third kappa shape index (κ3) is 4.72. The van der Waals surface area contributed by atoms with Crippen molar-refractivity contribution < 1.29 is 12.8 Å². The van der Waals surface area contributed by atoms with Crippen LogP contribution in [-0.2, 0) is 16.4 Å². The fraction of sp³-hybridized carbons (Fsp3) is 0.250. The average molecular weight is 498 g/mol. The Bertz CT molecular complexity index is 1430. The fourth-order valence-corrected chi connectivity index (χ4v) is 4.94. The molecule has 0 spiro atoms. The quantitative estimate of drug-likeness (QED) is 0.390. The highest BCUT2D eigenvalue weighted by atomic mass is 35.5. The van der Waals surface area contributed by atoms with Crippen molar-refractivity contribution in [3.63, 3.8) is 0 Å². The number of nitrogens with zero attached hydrogens (tertiary/aromatic N) is 4. The molecule has 0 radical (unpaired) electrons. The summed E-state index contributed by atoms with van der Waals surface area (Å²) in [6.07, 6.45) is 1.60. The topological polar surface area (TPSA) is 111 Å². The van der Waals surface area contributed by atoms with Crippen LogP contribution >= 0.6 is 11.6 Å². The lowest BCUT2D eigenvalue weighted by molar-refractivity contribution is 0.581. The van der Waals surface area contributed by atoms with Crippen molar-refractivity contribution in [2.45, 2.75) is 37.5 Å². The lowest BCUT2D eigenvalue weighted by Gasteiger charge is -2.11. The van der Waals surface area contributed by atoms with E-state index >= 15 is 0 Å². The minimum absolute atomic E-state index is 0.0930. The van der Waals surface area contributed by atoms with E-state index in [0.29, 0.717) is 28.5 Å². The summed E-state index contributed by atoms with van der Waals surface area (Å²) in [4.78, 5) is 9.16. The Kier molecular flexibility index (Phi) is 6.79. The molecule has 0 aliphatic heterocycles. The molecule has 0 fully saturated rings. The van der Waals surface area contributed by atoms with Gasteiger partial charge in [0.2, 0.25) is 5.89 Å². The molecule has 8 nitrogen and oxygen atoms in total. The predicted molar refractivity (Wildman–Crippen MR) is 131 cm³/mol. The molecule has 2 aromatic heterocycles. The van der Waals surface area contributed by atoms with Gasteiger partial charge >= 0.3 is 0 Å². The molecule has 0 amide bonds. The number of rotatable bonds is 7. The Morgan fingerprint density at radius 2 is 1.71 bits per heavy atom. The zero-order chi connectivity index (χ0) is 24.5. The summed E-state index contributed by atoms with van der Waals surface area (Å²) >= 11 is 6.33. The van der Waals surface area contributed by atoms with Gasteiger partial charge in [0, 0.05) is 17.7 Å². The Morgan fingerprint density at radius 1 is 1.03 bits per heavy atom. The highest BCUT2D eigenvalue weighted by Crippen LogP contribution is 2.31. The molecule has 1 N–H and O–H groups in total. The first-order chi connectivity index (χ1) is 16.2. The largest absolute Gasteiger partial charge is 0.415 e. The molecular weight excluding hydrogens is 474 g/mol. The van der Waals surface area contributed by atoms with Crippen molar-refractivity contribution in [1.29, 1.82) is 0 Å². The van der Waals surface area contributed by atoms with Crippen LogP contribution in [-0.4, -0.2) is 40.9 Å². The van der Waals surface area contributed by atoms with Gasteiger partial charge in [0.15, 0.2) is 9.84 Å². The Hall–Kier alpha value is -3.14. The summed E-state index contributed by atoms with van der Waals surface area (Å²) in [6, 6.07) is 12.6. The Labute approximate surface area is 203 Å². The van der Waals surface area contributed by atoms with Crippen molar-refractivity contribution in [3.8, 4) is 34.3 Å². The number of hydrogen-bond donors (Lipinski definition) is 1. The first-order valence-corrected chi connectivity index (χ1v) is 12.6. The summed E-state index contributed by atoms with van der Waals surface area (Å²) in [5, 5.41) is 11.0. The predicted octanol–water partition coefficient (Wildman–Crippen LogP) is 4.72. The smallest absolute Gasteiger partial charge is 0.268 e. The third-order valence-corrected chi connectivity index (χ3v) is 7.95. The van der Waals surface area contributed by atoms with Gasteiger partial charge in [-0.2, -0.15) is 0 Å². The number of hydrogen-bond acceptors (Lipinski definition) is 8. The molecule has 0 atom stereocenters. The van der Waals surface area contributed by atoms with Gasteiger partial charge in [0.05, 0.1) is 32.8 Å². The summed E-state index contributed by atoms with van der Waals surface area (Å²) in [5.41, 5.74) is 4.14. The third-order valence-electron chi connectivity index (χ3n) is 5.32. The second-order valence-electron chi connectivity index (χ2n) is 8.07. The minimum Gasteiger partial charge on any atom is -0.415 e. The van der Waals surface area contributed by atoms with Gasteiger partial charge in [0.25, 0.3) is 5.89 Å². The van der Waals surface area contributed by atoms with Gasteiger partial charge in [-0.05, 0) is 57.6 Å². The second kappa shape index (κ2) is 9.61. The van der Waals surface area contributed by atoms with E-state index in [-0.39, 0.29) is 15.8 Å². The van der Waals surface area contributed by atoms with Crippen LogP contribution in [0.5, 0.6) is 0 Å². The molecule has 2 aromatic carbocycles. The van der Waals surface area contributed by atoms with Crippen molar-refractivity contribution in [2.24, 2.45) is 0 Å². The summed E-state index contributed by atoms with van der Waals surface area (Å²) in [6.45, 7) is 5.80. The van der Waals surface area contributed by atoms with Crippen LogP contribution in [0.3, 0.4) is 0 Å². The molecule has 34 heavy (non-hydrogen) atoms. The minimum atomic E-state index is -3.50. The molecule has 0 aliphatic rings. The van der Waals surface area contributed by atoms with Crippen LogP contribution in [0.15, 0.2) is 58.0 Å². The van der Waals surface area contributed by atoms with Gasteiger partial charge in [-0.15, -0.1) is 10.2 Å². The Balaban J connectivity index is 1.67. The van der Waals surface area contributed by atoms with Crippen molar-refractivity contribution >= 4 is 21.4 Å². The van der Waals surface area contributed by atoms with Gasteiger partial charge < -0.3 is 9.73 Å². The van der Waals surface area contributed by atoms with E-state index in [2.05, 4.69) is 25.5 Å². The number of benzene rings is 2. The van der Waals surface area contributed by atoms with Crippen molar-refractivity contribution in [1.82, 2.24) is 25.5 Å². The monoisotopic (exact) mass is 497 g/mol. The van der Waals surface area contributed by atoms with E-state index in [0.717, 1.165) is 17.7 Å². The molecular formula is C24H24ClN5O3S. The fourth-order valence-electron chi connectivity index (χ4n) is 3.34. The number of aromatic nitrogens is 4. The SMILES string of the molecule is CNCc1ccc(-c2nnc(-c3nc(-c4ccc(S(=O)(=O)C(C)C)c(Cl)c4)cnc3C)o2)cc1. The molecule has 0 unspecified atom stereocenters. The van der Waals surface area contributed by atoms with Crippen LogP contribution in [0.2, 0.25) is 5.02 Å². The molecule has 0 saturated heterocycles. The van der Waals surface area contributed by atoms with Gasteiger partial charge in [-0.3, -0.25) is 4.98 Å². The van der Waals surface area contributed by atoms with Gasteiger partial charge in [-0.25, -0.2) is 13.4 Å². The lowest BCUT2D eigenvalue weighted by Crippen LogP contribution is -2.14. The molecule has 2 heterocycles. The van der Waals surface area contributed by atoms with E-state index in [1.165, 1.54) is 6.07 Å². The maximum atomic E-state index is 12.5. The number of sulfone groups is 1. The number of aryl methyl sites for hydroxylation is 1. The van der Waals surface area contributed by atoms with Crippen LogP contribution in [0.25, 0.3) is 34.3 Å². The van der Waals surface area contributed by atoms with E-state index in [4.69, 9.17) is 16.0 Å². The first kappa shape index (κ1) is 24.0. The molecule has 176 valence electrons. The van der Waals surface area contributed by atoms with Gasteiger partial charge in [0.1, 0.15) is 5.69 Å².